The van der Waals surface area contributed by atoms with E-state index >= 15 is 0 Å². The zero-order chi connectivity index (χ0) is 7.07. The Labute approximate surface area is 81.4 Å². The molecule has 52 valence electrons. The van der Waals surface area contributed by atoms with E-state index in [-0.39, 0.29) is 23.1 Å². The fourth-order valence-electron chi connectivity index (χ4n) is 0.393. The molecule has 0 radical (unpaired) electrons. The Morgan fingerprint density at radius 2 is 1.27 bits per heavy atom. The molecule has 0 aliphatic carbocycles. The topological polar surface area (TPSA) is 26.3 Å². The van der Waals surface area contributed by atoms with E-state index in [1.807, 2.05) is 0 Å². The van der Waals surface area contributed by atoms with Crippen molar-refractivity contribution in [3.8, 4) is 0 Å². The molecule has 0 spiro atoms. The molecule has 2 aromatic rings. The van der Waals surface area contributed by atoms with E-state index in [4.69, 9.17) is 0 Å². The molecule has 0 aliphatic heterocycles. The average Bonchev–Trinajstić information content (AvgIpc) is 2.67. The molecule has 0 atom stereocenters. The van der Waals surface area contributed by atoms with Crippen molar-refractivity contribution in [1.29, 1.82) is 0 Å². The van der Waals surface area contributed by atoms with E-state index in [1.165, 1.54) is 0 Å². The van der Waals surface area contributed by atoms with Crippen LogP contribution in [-0.2, 0) is 0 Å². The third kappa shape index (κ3) is 5.76. The molecule has 0 unspecified atom stereocenters. The maximum atomic E-state index is 4.46. The van der Waals surface area contributed by atoms with Crippen molar-refractivity contribution >= 4 is 23.1 Å². The van der Waals surface area contributed by atoms with Gasteiger partial charge < -0.3 is 8.83 Å². The van der Waals surface area contributed by atoms with Crippen LogP contribution in [0, 0.1) is 12.5 Å². The molecule has 11 heavy (non-hydrogen) atoms. The predicted octanol–water partition coefficient (Wildman–Crippen LogP) is 1.78. The van der Waals surface area contributed by atoms with Crippen LogP contribution < -0.4 is 0 Å². The van der Waals surface area contributed by atoms with Gasteiger partial charge in [0.2, 0.25) is 0 Å². The van der Waals surface area contributed by atoms with E-state index in [1.54, 1.807) is 36.8 Å². The molecular weight excluding hydrogens is 152 g/mol. The minimum Gasteiger partial charge on any atom is -0.599 e. The summed E-state index contributed by atoms with van der Waals surface area (Å²) in [5.74, 6) is 0. The molecule has 0 amide bonds. The van der Waals surface area contributed by atoms with Gasteiger partial charge in [0.15, 0.2) is 0 Å². The second kappa shape index (κ2) is 7.43. The smallest absolute Gasteiger partial charge is 0.599 e. The second-order valence-corrected chi connectivity index (χ2v) is 1.46. The Hall–Kier alpha value is -0.674. The van der Waals surface area contributed by atoms with Gasteiger partial charge in [-0.3, -0.25) is 0 Å². The van der Waals surface area contributed by atoms with E-state index in [9.17, 15) is 0 Å². The third-order valence-corrected chi connectivity index (χ3v) is 0.758. The molecule has 2 rings (SSSR count). The number of hydrogen-bond donors (Lipinski definition) is 0. The second-order valence-electron chi connectivity index (χ2n) is 1.46. The zero-order valence-corrected chi connectivity index (χ0v) is 7.40. The van der Waals surface area contributed by atoms with Crippen LogP contribution in [0.2, 0.25) is 0 Å². The average molecular weight is 158 g/mol. The molecule has 0 aliphatic rings. The molecule has 0 saturated carbocycles. The first kappa shape index (κ1) is 10.3. The first-order chi connectivity index (χ1) is 5.00. The molecule has 2 aromatic heterocycles. The van der Waals surface area contributed by atoms with Crippen molar-refractivity contribution in [3.05, 3.63) is 49.3 Å². The third-order valence-electron chi connectivity index (χ3n) is 0.758. The zero-order valence-electron chi connectivity index (χ0n) is 5.99. The van der Waals surface area contributed by atoms with Gasteiger partial charge in [0, 0.05) is 0 Å². The maximum absolute atomic E-state index is 4.46. The molecule has 3 heteroatoms. The molecule has 0 saturated heterocycles. The summed E-state index contributed by atoms with van der Waals surface area (Å²) in [5, 5.41) is 0. The first-order valence-electron chi connectivity index (χ1n) is 2.79. The van der Waals surface area contributed by atoms with Crippen LogP contribution in [0.25, 0.3) is 0 Å². The number of hydrogen-bond acceptors (Lipinski definition) is 2. The van der Waals surface area contributed by atoms with Crippen LogP contribution in [-0.4, -0.2) is 23.1 Å². The maximum Gasteiger partial charge on any atom is 2.00 e. The molecule has 0 N–H and O–H groups in total. The molecule has 2 heterocycles. The van der Waals surface area contributed by atoms with Crippen molar-refractivity contribution < 1.29 is 8.83 Å². The molecule has 2 nitrogen and oxygen atoms in total. The summed E-state index contributed by atoms with van der Waals surface area (Å²) in [4.78, 5) is 0. The van der Waals surface area contributed by atoms with Crippen LogP contribution in [0.4, 0.5) is 0 Å². The summed E-state index contributed by atoms with van der Waals surface area (Å²) in [7, 11) is 0. The van der Waals surface area contributed by atoms with Crippen molar-refractivity contribution in [2.45, 2.75) is 0 Å². The SMILES string of the molecule is [Mg+2].[c-]1ccco1.[c-]1ccco1. The minimum absolute atomic E-state index is 0. The monoisotopic (exact) mass is 158 g/mol. The number of rotatable bonds is 0. The number of furan rings is 2. The normalized spacial score (nSPS) is 7.27. The van der Waals surface area contributed by atoms with E-state index < -0.39 is 0 Å². The van der Waals surface area contributed by atoms with Gasteiger partial charge in [0.1, 0.15) is 0 Å². The van der Waals surface area contributed by atoms with Crippen LogP contribution in [0.3, 0.4) is 0 Å². The Morgan fingerprint density at radius 1 is 0.818 bits per heavy atom. The summed E-state index contributed by atoms with van der Waals surface area (Å²) in [6.07, 6.45) is 8.11. The molecular formula is C8H6MgO2. The Balaban J connectivity index is 0.000000167. The quantitative estimate of drug-likeness (QED) is 0.432. The molecule has 0 bridgehead atoms. The van der Waals surface area contributed by atoms with Crippen molar-refractivity contribution in [2.75, 3.05) is 0 Å². The van der Waals surface area contributed by atoms with E-state index in [2.05, 4.69) is 21.4 Å². The minimum atomic E-state index is 0. The Morgan fingerprint density at radius 3 is 1.36 bits per heavy atom. The van der Waals surface area contributed by atoms with Gasteiger partial charge in [0.25, 0.3) is 0 Å². The summed E-state index contributed by atoms with van der Waals surface area (Å²) in [6.45, 7) is 0. The summed E-state index contributed by atoms with van der Waals surface area (Å²) in [5.41, 5.74) is 0. The molecule has 0 aromatic carbocycles. The largest absolute Gasteiger partial charge is 2.00 e. The van der Waals surface area contributed by atoms with E-state index in [0.29, 0.717) is 0 Å². The summed E-state index contributed by atoms with van der Waals surface area (Å²) >= 11 is 0. The van der Waals surface area contributed by atoms with Gasteiger partial charge in [-0.15, -0.1) is 12.1 Å². The van der Waals surface area contributed by atoms with Gasteiger partial charge in [-0.05, 0) is 12.5 Å². The Kier molecular flexibility index (Phi) is 6.98. The van der Waals surface area contributed by atoms with Gasteiger partial charge in [-0.1, -0.05) is 12.5 Å². The standard InChI is InChI=1S/2C4H3O.Mg/c2*1-2-4-5-3-1;/h2*1-3H;/q2*-1;+2. The van der Waals surface area contributed by atoms with Crippen LogP contribution in [0.5, 0.6) is 0 Å². The Bertz CT molecular complexity index is 151. The van der Waals surface area contributed by atoms with Crippen molar-refractivity contribution in [1.82, 2.24) is 0 Å². The van der Waals surface area contributed by atoms with Crippen LogP contribution in [0.1, 0.15) is 0 Å². The van der Waals surface area contributed by atoms with Crippen molar-refractivity contribution in [2.24, 2.45) is 0 Å². The van der Waals surface area contributed by atoms with E-state index in [0.717, 1.165) is 0 Å². The fraction of sp³-hybridized carbons (Fsp3) is 0. The summed E-state index contributed by atoms with van der Waals surface area (Å²) < 4.78 is 8.92. The van der Waals surface area contributed by atoms with Crippen LogP contribution >= 0.6 is 0 Å². The van der Waals surface area contributed by atoms with Gasteiger partial charge in [-0.2, -0.15) is 12.1 Å². The van der Waals surface area contributed by atoms with Gasteiger partial charge in [0.05, 0.1) is 0 Å². The fourth-order valence-corrected chi connectivity index (χ4v) is 0.393. The van der Waals surface area contributed by atoms with Crippen molar-refractivity contribution in [3.63, 3.8) is 0 Å². The predicted molar refractivity (Wildman–Crippen MR) is 40.8 cm³/mol. The van der Waals surface area contributed by atoms with Gasteiger partial charge >= 0.3 is 23.1 Å². The van der Waals surface area contributed by atoms with Crippen LogP contribution in [0.15, 0.2) is 45.6 Å². The van der Waals surface area contributed by atoms with Gasteiger partial charge in [-0.25, -0.2) is 0 Å². The summed E-state index contributed by atoms with van der Waals surface area (Å²) in [6, 6.07) is 6.97. The first-order valence-corrected chi connectivity index (χ1v) is 2.79. The molecule has 0 fully saturated rings.